The molecule has 0 saturated heterocycles. The van der Waals surface area contributed by atoms with Crippen LogP contribution in [0.2, 0.25) is 0 Å². The minimum absolute atomic E-state index is 0.291. The number of aryl methyl sites for hydroxylation is 2. The number of halogens is 1. The molecule has 0 aromatic heterocycles. The van der Waals surface area contributed by atoms with Crippen LogP contribution in [0.3, 0.4) is 0 Å². The van der Waals surface area contributed by atoms with Crippen molar-refractivity contribution >= 4 is 31.6 Å². The van der Waals surface area contributed by atoms with E-state index in [1.165, 1.54) is 27.7 Å². The van der Waals surface area contributed by atoms with Crippen LogP contribution >= 0.6 is 15.9 Å². The number of rotatable bonds is 6. The quantitative estimate of drug-likeness (QED) is 0.594. The summed E-state index contributed by atoms with van der Waals surface area (Å²) in [5.74, 6) is 0. The summed E-state index contributed by atoms with van der Waals surface area (Å²) in [5, 5.41) is 8.95. The number of primary sulfonamides is 1. The lowest BCUT2D eigenvalue weighted by Gasteiger charge is -2.22. The first-order valence-electron chi connectivity index (χ1n) is 9.86. The highest BCUT2D eigenvalue weighted by molar-refractivity contribution is 9.10. The number of hydrogen-bond acceptors (Lipinski definition) is 3. The van der Waals surface area contributed by atoms with Gasteiger partial charge in [0.05, 0.1) is 4.90 Å². The second-order valence-electron chi connectivity index (χ2n) is 7.78. The summed E-state index contributed by atoms with van der Waals surface area (Å²) in [6, 6.07) is 6.24. The predicted molar refractivity (Wildman–Crippen MR) is 120 cm³/mol. The Balaban J connectivity index is 1.74. The standard InChI is InChI=1S/C22H29BrN2O2S/c1-14-13-15(2)22(28(24,26)27)16(3)17(14)7-4-5-8-18-19-9-6-12-25-21(19)11-10-20(18)23/h10-11,13,25H,4-9,12H2,1-3H3,(H2,24,26,27). The Morgan fingerprint density at radius 3 is 2.43 bits per heavy atom. The van der Waals surface area contributed by atoms with Gasteiger partial charge in [-0.3, -0.25) is 0 Å². The molecule has 0 unspecified atom stereocenters. The van der Waals surface area contributed by atoms with E-state index in [9.17, 15) is 8.42 Å². The molecule has 3 N–H and O–H groups in total. The molecule has 2 aromatic rings. The molecule has 0 amide bonds. The van der Waals surface area contributed by atoms with E-state index >= 15 is 0 Å². The first kappa shape index (κ1) is 21.3. The van der Waals surface area contributed by atoms with E-state index in [-0.39, 0.29) is 0 Å². The SMILES string of the molecule is Cc1cc(C)c(S(N)(=O)=O)c(C)c1CCCCc1c(Br)ccc2c1CCCN2. The number of nitrogens with two attached hydrogens (primary N) is 1. The van der Waals surface area contributed by atoms with E-state index in [1.54, 1.807) is 0 Å². The molecule has 4 nitrogen and oxygen atoms in total. The molecule has 6 heteroatoms. The zero-order valence-corrected chi connectivity index (χ0v) is 19.3. The molecule has 1 heterocycles. The fourth-order valence-corrected chi connectivity index (χ4v) is 6.13. The molecule has 3 rings (SSSR count). The molecule has 0 bridgehead atoms. The highest BCUT2D eigenvalue weighted by atomic mass is 79.9. The summed E-state index contributed by atoms with van der Waals surface area (Å²) in [6.07, 6.45) is 6.27. The number of sulfonamides is 1. The zero-order chi connectivity index (χ0) is 20.5. The van der Waals surface area contributed by atoms with Crippen LogP contribution in [0.15, 0.2) is 27.6 Å². The molecule has 0 fully saturated rings. The number of hydrogen-bond donors (Lipinski definition) is 2. The minimum atomic E-state index is -3.71. The Labute approximate surface area is 177 Å². The number of fused-ring (bicyclic) bond motifs is 1. The summed E-state index contributed by atoms with van der Waals surface area (Å²) >= 11 is 3.73. The molecule has 0 radical (unpaired) electrons. The third kappa shape index (κ3) is 4.44. The average molecular weight is 465 g/mol. The second-order valence-corrected chi connectivity index (χ2v) is 10.1. The fourth-order valence-electron chi connectivity index (χ4n) is 4.51. The second kappa shape index (κ2) is 8.56. The van der Waals surface area contributed by atoms with Crippen molar-refractivity contribution in [3.63, 3.8) is 0 Å². The van der Waals surface area contributed by atoms with Gasteiger partial charge < -0.3 is 5.32 Å². The largest absolute Gasteiger partial charge is 0.385 e. The normalized spacial score (nSPS) is 13.9. The lowest BCUT2D eigenvalue weighted by atomic mass is 9.92. The number of benzene rings is 2. The van der Waals surface area contributed by atoms with Crippen molar-refractivity contribution in [3.05, 3.63) is 56.1 Å². The van der Waals surface area contributed by atoms with Gasteiger partial charge in [-0.2, -0.15) is 0 Å². The lowest BCUT2D eigenvalue weighted by molar-refractivity contribution is 0.596. The van der Waals surface area contributed by atoms with Gasteiger partial charge in [0.25, 0.3) is 0 Å². The van der Waals surface area contributed by atoms with Gasteiger partial charge in [0, 0.05) is 16.7 Å². The van der Waals surface area contributed by atoms with Gasteiger partial charge in [0.15, 0.2) is 0 Å². The zero-order valence-electron chi connectivity index (χ0n) is 16.9. The van der Waals surface area contributed by atoms with Gasteiger partial charge in [0.1, 0.15) is 0 Å². The Hall–Kier alpha value is -1.37. The van der Waals surface area contributed by atoms with Gasteiger partial charge in [-0.15, -0.1) is 0 Å². The van der Waals surface area contributed by atoms with E-state index in [0.29, 0.717) is 4.90 Å². The number of unbranched alkanes of at least 4 members (excludes halogenated alkanes) is 1. The van der Waals surface area contributed by atoms with Crippen molar-refractivity contribution in [1.82, 2.24) is 0 Å². The third-order valence-corrected chi connectivity index (χ3v) is 7.68. The van der Waals surface area contributed by atoms with Crippen molar-refractivity contribution < 1.29 is 8.42 Å². The topological polar surface area (TPSA) is 72.2 Å². The first-order valence-corrected chi connectivity index (χ1v) is 12.2. The van der Waals surface area contributed by atoms with Crippen molar-refractivity contribution in [2.75, 3.05) is 11.9 Å². The maximum atomic E-state index is 12.0. The molecule has 2 aromatic carbocycles. The van der Waals surface area contributed by atoms with E-state index in [1.807, 2.05) is 19.9 Å². The number of anilines is 1. The van der Waals surface area contributed by atoms with Crippen LogP contribution in [-0.2, 0) is 29.3 Å². The molecular formula is C22H29BrN2O2S. The van der Waals surface area contributed by atoms with Gasteiger partial charge >= 0.3 is 0 Å². The van der Waals surface area contributed by atoms with Gasteiger partial charge in [-0.1, -0.05) is 22.0 Å². The smallest absolute Gasteiger partial charge is 0.238 e. The molecular weight excluding hydrogens is 436 g/mol. The molecule has 0 spiro atoms. The maximum absolute atomic E-state index is 12.0. The minimum Gasteiger partial charge on any atom is -0.385 e. The molecule has 152 valence electrons. The highest BCUT2D eigenvalue weighted by Gasteiger charge is 2.19. The van der Waals surface area contributed by atoms with Crippen molar-refractivity contribution in [1.29, 1.82) is 0 Å². The summed E-state index contributed by atoms with van der Waals surface area (Å²) in [5.41, 5.74) is 7.92. The Kier molecular flexibility index (Phi) is 6.52. The first-order chi connectivity index (χ1) is 13.2. The molecule has 1 aliphatic rings. The van der Waals surface area contributed by atoms with Gasteiger partial charge in [0.2, 0.25) is 10.0 Å². The Bertz CT molecular complexity index is 1000. The monoisotopic (exact) mass is 464 g/mol. The van der Waals surface area contributed by atoms with Gasteiger partial charge in [-0.05, 0) is 105 Å². The highest BCUT2D eigenvalue weighted by Crippen LogP contribution is 2.32. The summed E-state index contributed by atoms with van der Waals surface area (Å²) < 4.78 is 25.2. The molecule has 0 saturated carbocycles. The van der Waals surface area contributed by atoms with Crippen molar-refractivity contribution in [2.24, 2.45) is 5.14 Å². The van der Waals surface area contributed by atoms with Crippen LogP contribution in [-0.4, -0.2) is 15.0 Å². The van der Waals surface area contributed by atoms with Crippen LogP contribution in [0.1, 0.15) is 52.6 Å². The molecule has 28 heavy (non-hydrogen) atoms. The average Bonchev–Trinajstić information content (AvgIpc) is 2.60. The van der Waals surface area contributed by atoms with Crippen molar-refractivity contribution in [3.8, 4) is 0 Å². The lowest BCUT2D eigenvalue weighted by Crippen LogP contribution is -2.17. The van der Waals surface area contributed by atoms with Crippen LogP contribution in [0.4, 0.5) is 5.69 Å². The molecule has 1 aliphatic heterocycles. The van der Waals surface area contributed by atoms with Crippen molar-refractivity contribution in [2.45, 2.75) is 64.2 Å². The molecule has 0 aliphatic carbocycles. The third-order valence-electron chi connectivity index (χ3n) is 5.74. The van der Waals surface area contributed by atoms with Gasteiger partial charge in [-0.25, -0.2) is 13.6 Å². The summed E-state index contributed by atoms with van der Waals surface area (Å²) in [4.78, 5) is 0.291. The molecule has 0 atom stereocenters. The van der Waals surface area contributed by atoms with Crippen LogP contribution in [0.5, 0.6) is 0 Å². The van der Waals surface area contributed by atoms with E-state index in [2.05, 4.69) is 40.3 Å². The van der Waals surface area contributed by atoms with E-state index in [0.717, 1.165) is 60.9 Å². The summed E-state index contributed by atoms with van der Waals surface area (Å²) in [6.45, 7) is 6.79. The predicted octanol–water partition coefficient (Wildman–Crippen LogP) is 4.95. The van der Waals surface area contributed by atoms with E-state index < -0.39 is 10.0 Å². The Morgan fingerprint density at radius 1 is 1.07 bits per heavy atom. The van der Waals surface area contributed by atoms with Crippen LogP contribution < -0.4 is 10.5 Å². The van der Waals surface area contributed by atoms with E-state index in [4.69, 9.17) is 5.14 Å². The summed E-state index contributed by atoms with van der Waals surface area (Å²) in [7, 11) is -3.71. The fraction of sp³-hybridized carbons (Fsp3) is 0.455. The van der Waals surface area contributed by atoms with Crippen LogP contribution in [0.25, 0.3) is 0 Å². The number of nitrogens with one attached hydrogen (secondary N) is 1. The van der Waals surface area contributed by atoms with Crippen LogP contribution in [0, 0.1) is 20.8 Å². The Morgan fingerprint density at radius 2 is 1.75 bits per heavy atom. The maximum Gasteiger partial charge on any atom is 0.238 e.